The smallest absolute Gasteiger partial charge is 0.00773 e. The van der Waals surface area contributed by atoms with Gasteiger partial charge in [0.2, 0.25) is 0 Å². The zero-order chi connectivity index (χ0) is 10.5. The van der Waals surface area contributed by atoms with Gasteiger partial charge in [-0.25, -0.2) is 0 Å². The summed E-state index contributed by atoms with van der Waals surface area (Å²) in [6, 6.07) is 0. The maximum absolute atomic E-state index is 5.43. The predicted molar refractivity (Wildman–Crippen MR) is 93.3 cm³/mol. The Morgan fingerprint density at radius 3 is 0.667 bits per heavy atom. The molecule has 0 saturated carbocycles. The Labute approximate surface area is 138 Å². The fraction of sp³-hybridized carbons (Fsp3) is 1.00. The van der Waals surface area contributed by atoms with Gasteiger partial charge in [0.05, 0.1) is 0 Å². The fourth-order valence-electron chi connectivity index (χ4n) is 1.70. The molecule has 0 radical (unpaired) electrons. The third-order valence-electron chi connectivity index (χ3n) is 2.66. The Balaban J connectivity index is -0.000000141. The molecule has 0 spiro atoms. The van der Waals surface area contributed by atoms with Crippen molar-refractivity contribution >= 4 is 49.6 Å². The maximum atomic E-state index is 5.43. The van der Waals surface area contributed by atoms with E-state index < -0.39 is 0 Å². The van der Waals surface area contributed by atoms with Gasteiger partial charge in [-0.2, -0.15) is 0 Å². The van der Waals surface area contributed by atoms with E-state index >= 15 is 0 Å². The van der Waals surface area contributed by atoms with Crippen LogP contribution in [0.25, 0.3) is 0 Å². The lowest BCUT2D eigenvalue weighted by molar-refractivity contribution is 0.554. The van der Waals surface area contributed by atoms with Crippen LogP contribution in [0.2, 0.25) is 0 Å². The lowest BCUT2D eigenvalue weighted by Gasteiger charge is -2.01. The van der Waals surface area contributed by atoms with Gasteiger partial charge in [0, 0.05) is 0 Å². The van der Waals surface area contributed by atoms with Gasteiger partial charge in [-0.3, -0.25) is 0 Å². The molecule has 2 nitrogen and oxygen atoms in total. The van der Waals surface area contributed by atoms with Gasteiger partial charge >= 0.3 is 0 Å². The average Bonchev–Trinajstić information content (AvgIpc) is 2.21. The van der Waals surface area contributed by atoms with Crippen LogP contribution in [-0.2, 0) is 0 Å². The number of hydrogen-bond donors (Lipinski definition) is 2. The molecule has 6 heteroatoms. The second-order valence-corrected chi connectivity index (χ2v) is 4.11. The zero-order valence-corrected chi connectivity index (χ0v) is 14.5. The van der Waals surface area contributed by atoms with Crippen molar-refractivity contribution in [1.29, 1.82) is 0 Å². The molecule has 0 aromatic rings. The molecule has 0 aliphatic rings. The number of nitrogens with two attached hydrogens (primary N) is 2. The second-order valence-electron chi connectivity index (χ2n) is 4.11. The van der Waals surface area contributed by atoms with Crippen molar-refractivity contribution in [2.45, 2.75) is 64.2 Å². The highest BCUT2D eigenvalue weighted by molar-refractivity contribution is 5.86. The van der Waals surface area contributed by atoms with Crippen molar-refractivity contribution in [3.05, 3.63) is 0 Å². The standard InChI is InChI=1S/C12H28N2.4ClH/c13-11-9-7-5-3-1-2-4-6-8-10-12-14;;;;/h1-14H2;4*1H. The molecule has 0 aromatic carbocycles. The Morgan fingerprint density at radius 1 is 0.333 bits per heavy atom. The van der Waals surface area contributed by atoms with Crippen LogP contribution in [-0.4, -0.2) is 13.1 Å². The first kappa shape index (κ1) is 31.5. The van der Waals surface area contributed by atoms with Crippen LogP contribution in [0.15, 0.2) is 0 Å². The van der Waals surface area contributed by atoms with E-state index in [4.69, 9.17) is 11.5 Å². The van der Waals surface area contributed by atoms with Crippen LogP contribution in [0.3, 0.4) is 0 Å². The number of unbranched alkanes of at least 4 members (excludes halogenated alkanes) is 9. The summed E-state index contributed by atoms with van der Waals surface area (Å²) < 4.78 is 0. The van der Waals surface area contributed by atoms with E-state index in [1.54, 1.807) is 0 Å². The molecule has 0 fully saturated rings. The van der Waals surface area contributed by atoms with E-state index in [0.29, 0.717) is 0 Å². The van der Waals surface area contributed by atoms with Crippen molar-refractivity contribution in [3.63, 3.8) is 0 Å². The molecule has 0 atom stereocenters. The van der Waals surface area contributed by atoms with Gasteiger partial charge in [0.25, 0.3) is 0 Å². The number of halogens is 4. The molecule has 18 heavy (non-hydrogen) atoms. The molecule has 0 unspecified atom stereocenters. The number of rotatable bonds is 11. The van der Waals surface area contributed by atoms with E-state index in [0.717, 1.165) is 13.1 Å². The number of hydrogen-bond acceptors (Lipinski definition) is 2. The minimum atomic E-state index is 0. The molecule has 0 bridgehead atoms. The Morgan fingerprint density at radius 2 is 0.500 bits per heavy atom. The van der Waals surface area contributed by atoms with Crippen LogP contribution in [0.1, 0.15) is 64.2 Å². The van der Waals surface area contributed by atoms with Crippen molar-refractivity contribution in [2.75, 3.05) is 13.1 Å². The Kier molecular flexibility index (Phi) is 53.9. The highest BCUT2D eigenvalue weighted by atomic mass is 35.5. The predicted octanol–water partition coefficient (Wildman–Crippen LogP) is 4.49. The van der Waals surface area contributed by atoms with Gasteiger partial charge in [-0.15, -0.1) is 49.6 Å². The van der Waals surface area contributed by atoms with Crippen molar-refractivity contribution in [3.8, 4) is 0 Å². The van der Waals surface area contributed by atoms with Crippen molar-refractivity contribution in [1.82, 2.24) is 0 Å². The Bertz CT molecular complexity index is 96.1. The molecule has 0 amide bonds. The topological polar surface area (TPSA) is 52.0 Å². The lowest BCUT2D eigenvalue weighted by atomic mass is 10.1. The molecule has 0 aliphatic heterocycles. The van der Waals surface area contributed by atoms with Crippen LogP contribution in [0, 0.1) is 0 Å². The SMILES string of the molecule is Cl.Cl.Cl.Cl.NCCCCCCCCCCCCN. The van der Waals surface area contributed by atoms with Gasteiger partial charge in [0.15, 0.2) is 0 Å². The highest BCUT2D eigenvalue weighted by Crippen LogP contribution is 2.09. The van der Waals surface area contributed by atoms with Gasteiger partial charge < -0.3 is 11.5 Å². The molecule has 0 saturated heterocycles. The molecule has 0 aromatic heterocycles. The van der Waals surface area contributed by atoms with E-state index in [1.165, 1.54) is 64.2 Å². The largest absolute Gasteiger partial charge is 0.330 e. The normalized spacial score (nSPS) is 8.33. The van der Waals surface area contributed by atoms with Crippen molar-refractivity contribution < 1.29 is 0 Å². The molecule has 4 N–H and O–H groups in total. The summed E-state index contributed by atoms with van der Waals surface area (Å²) in [5.41, 5.74) is 10.9. The second kappa shape index (κ2) is 30.8. The van der Waals surface area contributed by atoms with E-state index in [-0.39, 0.29) is 49.6 Å². The first-order valence-corrected chi connectivity index (χ1v) is 6.32. The monoisotopic (exact) mass is 344 g/mol. The lowest BCUT2D eigenvalue weighted by Crippen LogP contribution is -1.97. The third kappa shape index (κ3) is 30.3. The summed E-state index contributed by atoms with van der Waals surface area (Å²) in [5.74, 6) is 0. The van der Waals surface area contributed by atoms with Crippen molar-refractivity contribution in [2.24, 2.45) is 11.5 Å². The summed E-state index contributed by atoms with van der Waals surface area (Å²) in [6.45, 7) is 1.72. The fourth-order valence-corrected chi connectivity index (χ4v) is 1.70. The first-order valence-electron chi connectivity index (χ1n) is 6.32. The quantitative estimate of drug-likeness (QED) is 0.542. The zero-order valence-electron chi connectivity index (χ0n) is 11.3. The average molecular weight is 346 g/mol. The molecular weight excluding hydrogens is 314 g/mol. The minimum Gasteiger partial charge on any atom is -0.330 e. The molecule has 0 heterocycles. The summed E-state index contributed by atoms with van der Waals surface area (Å²) in [6.07, 6.45) is 13.4. The van der Waals surface area contributed by atoms with E-state index in [2.05, 4.69) is 0 Å². The van der Waals surface area contributed by atoms with E-state index in [1.807, 2.05) is 0 Å². The summed E-state index contributed by atoms with van der Waals surface area (Å²) in [5, 5.41) is 0. The van der Waals surface area contributed by atoms with Crippen LogP contribution in [0.4, 0.5) is 0 Å². The van der Waals surface area contributed by atoms with Crippen LogP contribution in [0.5, 0.6) is 0 Å². The highest BCUT2D eigenvalue weighted by Gasteiger charge is 1.91. The van der Waals surface area contributed by atoms with Gasteiger partial charge in [-0.1, -0.05) is 51.4 Å². The minimum absolute atomic E-state index is 0. The van der Waals surface area contributed by atoms with Gasteiger partial charge in [0.1, 0.15) is 0 Å². The molecule has 118 valence electrons. The third-order valence-corrected chi connectivity index (χ3v) is 2.66. The first-order chi connectivity index (χ1) is 6.91. The van der Waals surface area contributed by atoms with Crippen LogP contribution >= 0.6 is 49.6 Å². The van der Waals surface area contributed by atoms with Crippen LogP contribution < -0.4 is 11.5 Å². The molecule has 0 rings (SSSR count). The molecular formula is C12H32Cl4N2. The summed E-state index contributed by atoms with van der Waals surface area (Å²) >= 11 is 0. The Hall–Kier alpha value is 1.08. The molecule has 0 aliphatic carbocycles. The van der Waals surface area contributed by atoms with Gasteiger partial charge in [-0.05, 0) is 25.9 Å². The van der Waals surface area contributed by atoms with E-state index in [9.17, 15) is 0 Å². The summed E-state index contributed by atoms with van der Waals surface area (Å²) in [4.78, 5) is 0. The maximum Gasteiger partial charge on any atom is -0.00773 e. The summed E-state index contributed by atoms with van der Waals surface area (Å²) in [7, 11) is 0.